The molecule has 6 rings (SSSR count). The number of aromatic nitrogens is 3. The molecule has 0 radical (unpaired) electrons. The van der Waals surface area contributed by atoms with Gasteiger partial charge in [0.2, 0.25) is 11.4 Å². The number of anilines is 1. The van der Waals surface area contributed by atoms with E-state index in [0.717, 1.165) is 45.4 Å². The van der Waals surface area contributed by atoms with Gasteiger partial charge in [0.1, 0.15) is 23.1 Å². The van der Waals surface area contributed by atoms with E-state index in [0.29, 0.717) is 31.0 Å². The molecule has 10 heteroatoms. The van der Waals surface area contributed by atoms with Crippen LogP contribution in [0.2, 0.25) is 0 Å². The molecule has 0 amide bonds. The molecule has 4 aliphatic rings. The van der Waals surface area contributed by atoms with Crippen molar-refractivity contribution in [3.05, 3.63) is 40.8 Å². The van der Waals surface area contributed by atoms with E-state index in [-0.39, 0.29) is 39.9 Å². The van der Waals surface area contributed by atoms with Crippen molar-refractivity contribution in [1.82, 2.24) is 19.9 Å². The Balaban J connectivity index is 1.42. The Morgan fingerprint density at radius 3 is 2.64 bits per heavy atom. The van der Waals surface area contributed by atoms with Crippen LogP contribution in [0.5, 0.6) is 0 Å². The van der Waals surface area contributed by atoms with Crippen LogP contribution in [0.15, 0.2) is 29.8 Å². The average Bonchev–Trinajstić information content (AvgIpc) is 3.39. The number of aryl methyl sites for hydroxylation is 1. The summed E-state index contributed by atoms with van der Waals surface area (Å²) in [6, 6.07) is 0. The highest BCUT2D eigenvalue weighted by Gasteiger charge is 2.68. The second kappa shape index (κ2) is 11.1. The zero-order chi connectivity index (χ0) is 31.6. The molecule has 1 saturated heterocycles. The lowest BCUT2D eigenvalue weighted by Crippen LogP contribution is -2.63. The van der Waals surface area contributed by atoms with Gasteiger partial charge in [-0.15, -0.1) is 6.58 Å². The van der Waals surface area contributed by atoms with Crippen LogP contribution in [0, 0.1) is 34.0 Å². The summed E-state index contributed by atoms with van der Waals surface area (Å²) in [6.07, 6.45) is 6.61. The Morgan fingerprint density at radius 2 is 1.95 bits per heavy atom. The van der Waals surface area contributed by atoms with Gasteiger partial charge in [-0.05, 0) is 49.9 Å². The predicted molar refractivity (Wildman–Crippen MR) is 169 cm³/mol. The van der Waals surface area contributed by atoms with Crippen LogP contribution in [0.1, 0.15) is 77.1 Å². The maximum absolute atomic E-state index is 14.1. The molecule has 3 heterocycles. The first-order valence-corrected chi connectivity index (χ1v) is 16.3. The van der Waals surface area contributed by atoms with Crippen molar-refractivity contribution in [2.75, 3.05) is 31.1 Å². The van der Waals surface area contributed by atoms with Crippen LogP contribution >= 0.6 is 0 Å². The number of aliphatic hydroxyl groups excluding tert-OH is 1. The minimum Gasteiger partial charge on any atom is -0.458 e. The van der Waals surface area contributed by atoms with Gasteiger partial charge in [-0.25, -0.2) is 9.78 Å². The molecule has 0 spiro atoms. The summed E-state index contributed by atoms with van der Waals surface area (Å²) in [5.41, 5.74) is -1.86. The Labute approximate surface area is 259 Å². The van der Waals surface area contributed by atoms with Gasteiger partial charge in [0.15, 0.2) is 0 Å². The third-order valence-electron chi connectivity index (χ3n) is 12.3. The summed E-state index contributed by atoms with van der Waals surface area (Å²) in [6.45, 7) is 18.0. The van der Waals surface area contributed by atoms with Gasteiger partial charge in [-0.3, -0.25) is 9.59 Å². The van der Waals surface area contributed by atoms with Gasteiger partial charge in [0.25, 0.3) is 0 Å². The molecule has 4 fully saturated rings. The lowest BCUT2D eigenvalue weighted by Gasteiger charge is -2.61. The zero-order valence-electron chi connectivity index (χ0n) is 26.8. The number of nitrogens with zero attached hydrogens (tertiary/aromatic N) is 4. The highest BCUT2D eigenvalue weighted by Crippen LogP contribution is 2.68. The molecule has 3 aliphatic carbocycles. The Bertz CT molecular complexity index is 1550. The van der Waals surface area contributed by atoms with Crippen LogP contribution in [0.3, 0.4) is 0 Å². The Kier molecular flexibility index (Phi) is 7.76. The molecule has 44 heavy (non-hydrogen) atoms. The van der Waals surface area contributed by atoms with Gasteiger partial charge in [0.05, 0.1) is 11.5 Å². The van der Waals surface area contributed by atoms with E-state index < -0.39 is 34.4 Å². The molecule has 8 atom stereocenters. The zero-order valence-corrected chi connectivity index (χ0v) is 26.8. The summed E-state index contributed by atoms with van der Waals surface area (Å²) in [5.74, 6) is -0.328. The number of ether oxygens (including phenoxy) is 1. The van der Waals surface area contributed by atoms with Crippen LogP contribution in [-0.2, 0) is 16.1 Å². The van der Waals surface area contributed by atoms with E-state index in [2.05, 4.69) is 42.6 Å². The Morgan fingerprint density at radius 1 is 1.23 bits per heavy atom. The first-order valence-electron chi connectivity index (χ1n) is 16.3. The fourth-order valence-corrected chi connectivity index (χ4v) is 9.26. The van der Waals surface area contributed by atoms with Crippen molar-refractivity contribution in [1.29, 1.82) is 0 Å². The number of fused-ring (bicyclic) bond motifs is 1. The summed E-state index contributed by atoms with van der Waals surface area (Å²) < 4.78 is 8.24. The third kappa shape index (κ3) is 4.46. The number of carbonyl (C=O) groups excluding carboxylic acids is 2. The van der Waals surface area contributed by atoms with E-state index in [1.807, 2.05) is 13.8 Å². The number of nitrogens with one attached hydrogen (secondary N) is 1. The van der Waals surface area contributed by atoms with Crippen molar-refractivity contribution in [3.63, 3.8) is 0 Å². The van der Waals surface area contributed by atoms with Gasteiger partial charge >= 0.3 is 5.97 Å². The van der Waals surface area contributed by atoms with Gasteiger partial charge < -0.3 is 24.6 Å². The average molecular weight is 606 g/mol. The number of hydrogen-bond acceptors (Lipinski definition) is 9. The van der Waals surface area contributed by atoms with Gasteiger partial charge in [0, 0.05) is 68.3 Å². The van der Waals surface area contributed by atoms with E-state index in [1.165, 1.54) is 6.20 Å². The number of Topliss-reactive ketones (excluding diaryl/α,β-unsaturated/α-hetero) is 1. The van der Waals surface area contributed by atoms with Crippen molar-refractivity contribution >= 4 is 28.7 Å². The molecule has 10 nitrogen and oxygen atoms in total. The number of pyridine rings is 1. The molecular formula is C34H47N5O5. The number of esters is 1. The van der Waals surface area contributed by atoms with Crippen molar-refractivity contribution in [3.8, 4) is 0 Å². The molecular weight excluding hydrogens is 558 g/mol. The number of carbonyl (C=O) groups is 2. The summed E-state index contributed by atoms with van der Waals surface area (Å²) in [7, 11) is 0. The maximum Gasteiger partial charge on any atom is 0.343 e. The number of ketones is 1. The normalized spacial score (nSPS) is 37.3. The molecule has 2 aromatic rings. The van der Waals surface area contributed by atoms with Crippen molar-refractivity contribution in [2.45, 2.75) is 85.5 Å². The van der Waals surface area contributed by atoms with Crippen LogP contribution < -0.4 is 15.6 Å². The fourth-order valence-electron chi connectivity index (χ4n) is 9.26. The first kappa shape index (κ1) is 30.9. The van der Waals surface area contributed by atoms with Crippen LogP contribution in [0.25, 0.3) is 11.0 Å². The largest absolute Gasteiger partial charge is 0.458 e. The number of piperazine rings is 1. The number of aliphatic hydroxyl groups is 1. The maximum atomic E-state index is 14.1. The molecule has 2 aromatic heterocycles. The molecule has 2 bridgehead atoms. The monoisotopic (exact) mass is 605 g/mol. The molecule has 1 unspecified atom stereocenters. The quantitative estimate of drug-likeness (QED) is 0.387. The summed E-state index contributed by atoms with van der Waals surface area (Å²) in [4.78, 5) is 53.0. The minimum atomic E-state index is -0.757. The smallest absolute Gasteiger partial charge is 0.343 e. The lowest BCUT2D eigenvalue weighted by atomic mass is 9.44. The SMILES string of the molecule is C=C[C@]1(C)C[C@@H](OC(=O)c2cn(CC)c3nc(N4CCNCC4)ncc3c2=O)[C@@]2(C)C3C(=O)CC[C@@]3(CC[C@H]2C)[C@@H](C)[C@@H]1O. The Hall–Kier alpha value is -3.11. The first-order chi connectivity index (χ1) is 20.9. The summed E-state index contributed by atoms with van der Waals surface area (Å²) in [5, 5.41) is 15.4. The van der Waals surface area contributed by atoms with E-state index in [1.54, 1.807) is 16.8 Å². The van der Waals surface area contributed by atoms with E-state index in [9.17, 15) is 19.5 Å². The molecule has 0 aromatic carbocycles. The number of hydrogen-bond donors (Lipinski definition) is 2. The molecule has 238 valence electrons. The fraction of sp³-hybridized carbons (Fsp3) is 0.676. The molecule has 1 aliphatic heterocycles. The predicted octanol–water partition coefficient (Wildman–Crippen LogP) is 3.74. The second-order valence-electron chi connectivity index (χ2n) is 14.3. The lowest BCUT2D eigenvalue weighted by molar-refractivity contribution is -0.192. The van der Waals surface area contributed by atoms with E-state index in [4.69, 9.17) is 9.72 Å². The standard InChI is InChI=1S/C34H47N5O5/c1-7-32(5)17-25(33(6)20(3)9-11-34(21(4)28(32)42)12-10-24(40)27(33)34)44-30(43)23-19-38(8-2)29-22(26(23)41)18-36-31(37-29)39-15-13-35-14-16-39/h7,18-21,25,27-28,35,42H,1,8-17H2,2-6H3/t20-,21+,25-,27?,28+,32-,33+,34+/m1/s1. The van der Waals surface area contributed by atoms with Gasteiger partial charge in [-0.2, -0.15) is 4.98 Å². The topological polar surface area (TPSA) is 127 Å². The molecule has 3 saturated carbocycles. The van der Waals surface area contributed by atoms with Crippen LogP contribution in [0.4, 0.5) is 5.95 Å². The molecule has 2 N–H and O–H groups in total. The second-order valence-corrected chi connectivity index (χ2v) is 14.3. The van der Waals surface area contributed by atoms with E-state index >= 15 is 0 Å². The van der Waals surface area contributed by atoms with Crippen molar-refractivity contribution in [2.24, 2.45) is 34.0 Å². The highest BCUT2D eigenvalue weighted by atomic mass is 16.5. The van der Waals surface area contributed by atoms with Crippen LogP contribution in [-0.4, -0.2) is 69.8 Å². The third-order valence-corrected chi connectivity index (χ3v) is 12.3. The summed E-state index contributed by atoms with van der Waals surface area (Å²) >= 11 is 0. The van der Waals surface area contributed by atoms with Crippen molar-refractivity contribution < 1.29 is 19.4 Å². The minimum absolute atomic E-state index is 0.0785. The highest BCUT2D eigenvalue weighted by molar-refractivity contribution is 5.93. The van der Waals surface area contributed by atoms with Gasteiger partial charge in [-0.1, -0.05) is 33.8 Å². The number of rotatable bonds is 5.